The first-order valence-corrected chi connectivity index (χ1v) is 7.89. The Morgan fingerprint density at radius 2 is 2.00 bits per heavy atom. The minimum absolute atomic E-state index is 0.0376. The van der Waals surface area contributed by atoms with E-state index in [1.165, 1.54) is 7.11 Å². The van der Waals surface area contributed by atoms with Gasteiger partial charge in [0.05, 0.1) is 12.4 Å². The summed E-state index contributed by atoms with van der Waals surface area (Å²) in [5, 5.41) is 0.968. The maximum Gasteiger partial charge on any atom is 0.316 e. The first-order valence-electron chi connectivity index (χ1n) is 5.89. The molecule has 0 aromatic heterocycles. The summed E-state index contributed by atoms with van der Waals surface area (Å²) >= 11 is 3.51. The molecule has 0 aliphatic carbocycles. The molecule has 98 valence electrons. The van der Waals surface area contributed by atoms with E-state index in [4.69, 9.17) is 0 Å². The second-order valence-electron chi connectivity index (χ2n) is 4.25. The van der Waals surface area contributed by atoms with Crippen molar-refractivity contribution >= 4 is 35.3 Å². The molecule has 3 nitrogen and oxygen atoms in total. The van der Waals surface area contributed by atoms with Crippen molar-refractivity contribution in [1.29, 1.82) is 0 Å². The first-order chi connectivity index (χ1) is 8.01. The minimum atomic E-state index is -0.585. The van der Waals surface area contributed by atoms with Gasteiger partial charge in [-0.05, 0) is 6.42 Å². The number of hydrogen-bond donors (Lipinski definition) is 0. The van der Waals surface area contributed by atoms with Crippen molar-refractivity contribution in [1.82, 2.24) is 0 Å². The Balaban J connectivity index is 2.65. The van der Waals surface area contributed by atoms with Gasteiger partial charge in [0.1, 0.15) is 5.92 Å². The zero-order valence-electron chi connectivity index (χ0n) is 10.8. The third-order valence-corrected chi connectivity index (χ3v) is 6.51. The second kappa shape index (κ2) is 6.69. The summed E-state index contributed by atoms with van der Waals surface area (Å²) in [5.41, 5.74) is 0. The number of Topliss-reactive ketones (excluding diaryl/α,β-unsaturated/α-hetero) is 1. The van der Waals surface area contributed by atoms with Gasteiger partial charge >= 0.3 is 5.97 Å². The van der Waals surface area contributed by atoms with E-state index in [1.54, 1.807) is 11.8 Å². The first kappa shape index (κ1) is 14.9. The molecule has 0 aromatic carbocycles. The number of ether oxygens (including phenoxy) is 1. The van der Waals surface area contributed by atoms with Crippen LogP contribution in [0.5, 0.6) is 0 Å². The SMILES string of the molecule is CCC(C(=O)OC)C(=O)C1CSC(C)C(C)S1. The fourth-order valence-corrected chi connectivity index (χ4v) is 4.71. The normalized spacial score (nSPS) is 30.7. The van der Waals surface area contributed by atoms with Gasteiger partial charge in [-0.25, -0.2) is 0 Å². The van der Waals surface area contributed by atoms with Crippen molar-refractivity contribution in [2.75, 3.05) is 12.9 Å². The highest BCUT2D eigenvalue weighted by Crippen LogP contribution is 2.37. The monoisotopic (exact) mass is 276 g/mol. The fourth-order valence-electron chi connectivity index (χ4n) is 1.78. The van der Waals surface area contributed by atoms with E-state index in [2.05, 4.69) is 18.6 Å². The molecule has 1 aliphatic rings. The highest BCUT2D eigenvalue weighted by atomic mass is 32.2. The predicted octanol–water partition coefficient (Wildman–Crippen LogP) is 2.38. The average molecular weight is 276 g/mol. The predicted molar refractivity (Wildman–Crippen MR) is 73.6 cm³/mol. The number of hydrogen-bond acceptors (Lipinski definition) is 5. The van der Waals surface area contributed by atoms with Crippen LogP contribution in [0.3, 0.4) is 0 Å². The van der Waals surface area contributed by atoms with Crippen molar-refractivity contribution < 1.29 is 14.3 Å². The molecule has 0 spiro atoms. The summed E-state index contributed by atoms with van der Waals surface area (Å²) in [4.78, 5) is 23.8. The number of ketones is 1. The Bertz CT molecular complexity index is 293. The van der Waals surface area contributed by atoms with Gasteiger partial charge < -0.3 is 4.74 Å². The number of carbonyl (C=O) groups excluding carboxylic acids is 2. The number of methoxy groups -OCH3 is 1. The summed E-state index contributed by atoms with van der Waals surface area (Å²) in [5.74, 6) is -0.133. The highest BCUT2D eigenvalue weighted by molar-refractivity contribution is 8.08. The van der Waals surface area contributed by atoms with Crippen LogP contribution in [0.4, 0.5) is 0 Å². The number of rotatable bonds is 4. The van der Waals surface area contributed by atoms with Gasteiger partial charge in [0.25, 0.3) is 0 Å². The lowest BCUT2D eigenvalue weighted by Crippen LogP contribution is -2.38. The third-order valence-electron chi connectivity index (χ3n) is 3.11. The standard InChI is InChI=1S/C12H20O3S2/c1-5-9(12(14)15-4)11(13)10-6-16-7(2)8(3)17-10/h7-10H,5-6H2,1-4H3. The van der Waals surface area contributed by atoms with E-state index in [0.29, 0.717) is 16.9 Å². The van der Waals surface area contributed by atoms with Crippen LogP contribution in [0.1, 0.15) is 27.2 Å². The summed E-state index contributed by atoms with van der Waals surface area (Å²) in [6.45, 7) is 6.17. The molecule has 0 saturated carbocycles. The summed E-state index contributed by atoms with van der Waals surface area (Å²) < 4.78 is 4.69. The molecule has 1 aliphatic heterocycles. The summed E-state index contributed by atoms with van der Waals surface area (Å²) in [6, 6.07) is 0. The molecule has 0 radical (unpaired) electrons. The van der Waals surface area contributed by atoms with Gasteiger partial charge in [-0.1, -0.05) is 20.8 Å². The van der Waals surface area contributed by atoms with Crippen LogP contribution in [0.25, 0.3) is 0 Å². The van der Waals surface area contributed by atoms with Crippen LogP contribution >= 0.6 is 23.5 Å². The van der Waals surface area contributed by atoms with Crippen LogP contribution in [-0.2, 0) is 14.3 Å². The zero-order valence-corrected chi connectivity index (χ0v) is 12.4. The Labute approximate surface area is 111 Å². The maximum absolute atomic E-state index is 12.2. The Kier molecular flexibility index (Phi) is 5.86. The molecular formula is C12H20O3S2. The van der Waals surface area contributed by atoms with Gasteiger partial charge in [-0.2, -0.15) is 11.8 Å². The van der Waals surface area contributed by atoms with Crippen LogP contribution in [0.15, 0.2) is 0 Å². The van der Waals surface area contributed by atoms with E-state index in [0.717, 1.165) is 5.75 Å². The molecule has 17 heavy (non-hydrogen) atoms. The van der Waals surface area contributed by atoms with Gasteiger partial charge in [-0.15, -0.1) is 11.8 Å². The summed E-state index contributed by atoms with van der Waals surface area (Å²) in [6.07, 6.45) is 0.525. The third kappa shape index (κ3) is 3.65. The lowest BCUT2D eigenvalue weighted by atomic mass is 9.99. The molecule has 0 bridgehead atoms. The van der Waals surface area contributed by atoms with E-state index in [1.807, 2.05) is 18.7 Å². The molecule has 0 amide bonds. The van der Waals surface area contributed by atoms with Gasteiger partial charge in [0.15, 0.2) is 5.78 Å². The van der Waals surface area contributed by atoms with E-state index >= 15 is 0 Å². The molecule has 1 fully saturated rings. The lowest BCUT2D eigenvalue weighted by molar-refractivity contribution is -0.149. The number of carbonyl (C=O) groups is 2. The molecule has 1 heterocycles. The van der Waals surface area contributed by atoms with Crippen molar-refractivity contribution in [3.63, 3.8) is 0 Å². The molecule has 0 aromatic rings. The zero-order chi connectivity index (χ0) is 13.0. The Morgan fingerprint density at radius 3 is 2.47 bits per heavy atom. The second-order valence-corrected chi connectivity index (χ2v) is 7.25. The van der Waals surface area contributed by atoms with Gasteiger partial charge in [0.2, 0.25) is 0 Å². The van der Waals surface area contributed by atoms with E-state index in [9.17, 15) is 9.59 Å². The Morgan fingerprint density at radius 1 is 1.35 bits per heavy atom. The lowest BCUT2D eigenvalue weighted by Gasteiger charge is -2.31. The van der Waals surface area contributed by atoms with E-state index in [-0.39, 0.29) is 11.0 Å². The molecule has 0 N–H and O–H groups in total. The maximum atomic E-state index is 12.2. The average Bonchev–Trinajstić information content (AvgIpc) is 2.33. The fraction of sp³-hybridized carbons (Fsp3) is 0.833. The highest BCUT2D eigenvalue weighted by Gasteiger charge is 2.36. The topological polar surface area (TPSA) is 43.4 Å². The number of esters is 1. The molecule has 5 heteroatoms. The molecule has 1 rings (SSSR count). The van der Waals surface area contributed by atoms with Crippen molar-refractivity contribution in [2.24, 2.45) is 5.92 Å². The molecular weight excluding hydrogens is 256 g/mol. The Hall–Kier alpha value is -0.160. The van der Waals surface area contributed by atoms with E-state index < -0.39 is 11.9 Å². The largest absolute Gasteiger partial charge is 0.468 e. The molecule has 4 atom stereocenters. The van der Waals surface area contributed by atoms with Gasteiger partial charge in [0, 0.05) is 16.3 Å². The van der Waals surface area contributed by atoms with Crippen LogP contribution in [-0.4, -0.2) is 40.4 Å². The quantitative estimate of drug-likeness (QED) is 0.582. The van der Waals surface area contributed by atoms with Crippen LogP contribution in [0.2, 0.25) is 0 Å². The smallest absolute Gasteiger partial charge is 0.316 e. The van der Waals surface area contributed by atoms with Crippen LogP contribution < -0.4 is 0 Å². The van der Waals surface area contributed by atoms with Crippen LogP contribution in [0, 0.1) is 5.92 Å². The molecule has 1 saturated heterocycles. The molecule has 4 unspecified atom stereocenters. The minimum Gasteiger partial charge on any atom is -0.468 e. The number of thioether (sulfide) groups is 2. The van der Waals surface area contributed by atoms with Crippen molar-refractivity contribution in [3.05, 3.63) is 0 Å². The van der Waals surface area contributed by atoms with Gasteiger partial charge in [-0.3, -0.25) is 9.59 Å². The van der Waals surface area contributed by atoms with Crippen molar-refractivity contribution in [2.45, 2.75) is 42.9 Å². The van der Waals surface area contributed by atoms with Crippen molar-refractivity contribution in [3.8, 4) is 0 Å². The summed E-state index contributed by atoms with van der Waals surface area (Å²) in [7, 11) is 1.34.